The predicted molar refractivity (Wildman–Crippen MR) is 36.7 cm³/mol. The van der Waals surface area contributed by atoms with Gasteiger partial charge in [-0.2, -0.15) is 0 Å². The highest BCUT2D eigenvalue weighted by Gasteiger charge is 2.03. The highest BCUT2D eigenvalue weighted by Crippen LogP contribution is 1.96. The monoisotopic (exact) mass is 130 g/mol. The van der Waals surface area contributed by atoms with Crippen molar-refractivity contribution in [1.82, 2.24) is 0 Å². The molecule has 0 rings (SSSR count). The van der Waals surface area contributed by atoms with E-state index in [0.29, 0.717) is 6.42 Å². The fourth-order valence-electron chi connectivity index (χ4n) is 0.731. The van der Waals surface area contributed by atoms with Gasteiger partial charge in [-0.3, -0.25) is 4.79 Å². The Morgan fingerprint density at radius 1 is 1.67 bits per heavy atom. The van der Waals surface area contributed by atoms with Gasteiger partial charge < -0.3 is 11.5 Å². The molecular weight excluding hydrogens is 116 g/mol. The summed E-state index contributed by atoms with van der Waals surface area (Å²) in [6.45, 7) is 2.03. The maximum Gasteiger partial charge on any atom is 0.218 e. The quantitative estimate of drug-likeness (QED) is 0.562. The van der Waals surface area contributed by atoms with Crippen LogP contribution in [0.3, 0.4) is 0 Å². The van der Waals surface area contributed by atoms with Gasteiger partial charge in [-0.05, 0) is 6.42 Å². The molecule has 0 saturated carbocycles. The molecule has 0 fully saturated rings. The Bertz CT molecular complexity index is 93.1. The van der Waals surface area contributed by atoms with E-state index in [1.807, 2.05) is 6.92 Å². The molecule has 1 amide bonds. The Kier molecular flexibility index (Phi) is 4.05. The van der Waals surface area contributed by atoms with Gasteiger partial charge in [-0.1, -0.05) is 13.3 Å². The van der Waals surface area contributed by atoms with Crippen molar-refractivity contribution in [3.63, 3.8) is 0 Å². The first-order valence-electron chi connectivity index (χ1n) is 3.20. The average molecular weight is 130 g/mol. The Hall–Kier alpha value is -0.570. The van der Waals surface area contributed by atoms with Crippen LogP contribution in [0.5, 0.6) is 0 Å². The van der Waals surface area contributed by atoms with Crippen molar-refractivity contribution in [1.29, 1.82) is 0 Å². The molecule has 0 saturated heterocycles. The van der Waals surface area contributed by atoms with Gasteiger partial charge in [0.1, 0.15) is 0 Å². The molecule has 0 aliphatic heterocycles. The van der Waals surface area contributed by atoms with Crippen LogP contribution in [0.2, 0.25) is 0 Å². The molecule has 0 aromatic rings. The lowest BCUT2D eigenvalue weighted by atomic mass is 10.1. The fourth-order valence-corrected chi connectivity index (χ4v) is 0.731. The van der Waals surface area contributed by atoms with Crippen molar-refractivity contribution in [2.45, 2.75) is 32.2 Å². The Balaban J connectivity index is 3.26. The molecule has 3 nitrogen and oxygen atoms in total. The van der Waals surface area contributed by atoms with Crippen molar-refractivity contribution < 1.29 is 4.79 Å². The summed E-state index contributed by atoms with van der Waals surface area (Å²) in [5, 5.41) is 0. The third-order valence-corrected chi connectivity index (χ3v) is 1.12. The van der Waals surface area contributed by atoms with Gasteiger partial charge >= 0.3 is 0 Å². The van der Waals surface area contributed by atoms with Gasteiger partial charge in [0.15, 0.2) is 0 Å². The van der Waals surface area contributed by atoms with Crippen LogP contribution in [0.15, 0.2) is 0 Å². The Labute approximate surface area is 55.4 Å². The van der Waals surface area contributed by atoms with Crippen molar-refractivity contribution >= 4 is 5.91 Å². The van der Waals surface area contributed by atoms with E-state index in [4.69, 9.17) is 11.5 Å². The van der Waals surface area contributed by atoms with E-state index in [0.717, 1.165) is 12.8 Å². The fraction of sp³-hybridized carbons (Fsp3) is 0.833. The van der Waals surface area contributed by atoms with Crippen LogP contribution in [0.4, 0.5) is 0 Å². The molecule has 0 aliphatic carbocycles. The second-order valence-electron chi connectivity index (χ2n) is 2.22. The summed E-state index contributed by atoms with van der Waals surface area (Å²) in [6.07, 6.45) is 2.20. The second-order valence-corrected chi connectivity index (χ2v) is 2.22. The minimum absolute atomic E-state index is 0.0347. The SMILES string of the molecule is CCCC(N)CC(N)=O. The molecule has 0 heterocycles. The van der Waals surface area contributed by atoms with Gasteiger partial charge in [0.25, 0.3) is 0 Å². The zero-order valence-corrected chi connectivity index (χ0v) is 5.76. The minimum atomic E-state index is -0.309. The van der Waals surface area contributed by atoms with Gasteiger partial charge in [-0.15, -0.1) is 0 Å². The molecule has 0 aromatic carbocycles. The van der Waals surface area contributed by atoms with Gasteiger partial charge in [-0.25, -0.2) is 0 Å². The standard InChI is InChI=1S/C6H14N2O/c1-2-3-5(7)4-6(8)9/h5H,2-4,7H2,1H3,(H2,8,9). The summed E-state index contributed by atoms with van der Waals surface area (Å²) in [5.74, 6) is -0.309. The number of nitrogens with two attached hydrogens (primary N) is 2. The average Bonchev–Trinajstić information content (AvgIpc) is 1.63. The van der Waals surface area contributed by atoms with Crippen molar-refractivity contribution in [2.24, 2.45) is 11.5 Å². The van der Waals surface area contributed by atoms with Crippen LogP contribution < -0.4 is 11.5 Å². The lowest BCUT2D eigenvalue weighted by molar-refractivity contribution is -0.118. The zero-order chi connectivity index (χ0) is 7.28. The molecule has 0 radical (unpaired) electrons. The molecule has 0 spiro atoms. The van der Waals surface area contributed by atoms with E-state index in [-0.39, 0.29) is 11.9 Å². The summed E-state index contributed by atoms with van der Waals surface area (Å²) in [6, 6.07) is -0.0347. The normalized spacial score (nSPS) is 13.1. The molecule has 4 N–H and O–H groups in total. The lowest BCUT2D eigenvalue weighted by Crippen LogP contribution is -2.27. The number of rotatable bonds is 4. The van der Waals surface area contributed by atoms with Crippen LogP contribution in [0, 0.1) is 0 Å². The number of hydrogen-bond acceptors (Lipinski definition) is 2. The molecule has 1 atom stereocenters. The van der Waals surface area contributed by atoms with E-state index in [9.17, 15) is 4.79 Å². The zero-order valence-electron chi connectivity index (χ0n) is 5.76. The first kappa shape index (κ1) is 8.43. The van der Waals surface area contributed by atoms with Crippen molar-refractivity contribution in [3.05, 3.63) is 0 Å². The van der Waals surface area contributed by atoms with Gasteiger partial charge in [0.05, 0.1) is 0 Å². The summed E-state index contributed by atoms with van der Waals surface area (Å²) in [7, 11) is 0. The third kappa shape index (κ3) is 5.30. The first-order chi connectivity index (χ1) is 4.16. The van der Waals surface area contributed by atoms with Crippen molar-refractivity contribution in [2.75, 3.05) is 0 Å². The van der Waals surface area contributed by atoms with E-state index < -0.39 is 0 Å². The van der Waals surface area contributed by atoms with Crippen molar-refractivity contribution in [3.8, 4) is 0 Å². The van der Waals surface area contributed by atoms with Crippen LogP contribution in [0.25, 0.3) is 0 Å². The summed E-state index contributed by atoms with van der Waals surface area (Å²) >= 11 is 0. The molecule has 54 valence electrons. The number of amides is 1. The maximum atomic E-state index is 10.2. The highest BCUT2D eigenvalue weighted by molar-refractivity contribution is 5.74. The molecule has 3 heteroatoms. The Morgan fingerprint density at radius 2 is 2.22 bits per heavy atom. The molecule has 9 heavy (non-hydrogen) atoms. The molecular formula is C6H14N2O. The Morgan fingerprint density at radius 3 is 2.56 bits per heavy atom. The molecule has 0 bridgehead atoms. The smallest absolute Gasteiger partial charge is 0.218 e. The molecule has 0 aliphatic rings. The summed E-state index contributed by atoms with van der Waals surface area (Å²) < 4.78 is 0. The largest absolute Gasteiger partial charge is 0.370 e. The molecule has 0 aromatic heterocycles. The number of hydrogen-bond donors (Lipinski definition) is 2. The number of primary amides is 1. The van der Waals surface area contributed by atoms with Crippen LogP contribution in [-0.4, -0.2) is 11.9 Å². The number of carbonyl (C=O) groups is 1. The van der Waals surface area contributed by atoms with Gasteiger partial charge in [0.2, 0.25) is 5.91 Å². The second kappa shape index (κ2) is 4.32. The topological polar surface area (TPSA) is 69.1 Å². The lowest BCUT2D eigenvalue weighted by Gasteiger charge is -2.05. The number of carbonyl (C=O) groups excluding carboxylic acids is 1. The van der Waals surface area contributed by atoms with Crippen LogP contribution >= 0.6 is 0 Å². The third-order valence-electron chi connectivity index (χ3n) is 1.12. The minimum Gasteiger partial charge on any atom is -0.370 e. The maximum absolute atomic E-state index is 10.2. The van der Waals surface area contributed by atoms with Crippen LogP contribution in [0.1, 0.15) is 26.2 Å². The van der Waals surface area contributed by atoms with E-state index >= 15 is 0 Å². The summed E-state index contributed by atoms with van der Waals surface area (Å²) in [5.41, 5.74) is 10.4. The van der Waals surface area contributed by atoms with Gasteiger partial charge in [0, 0.05) is 12.5 Å². The van der Waals surface area contributed by atoms with Crippen LogP contribution in [-0.2, 0) is 4.79 Å². The van der Waals surface area contributed by atoms with E-state index in [1.54, 1.807) is 0 Å². The summed E-state index contributed by atoms with van der Waals surface area (Å²) in [4.78, 5) is 10.2. The highest BCUT2D eigenvalue weighted by atomic mass is 16.1. The first-order valence-corrected chi connectivity index (χ1v) is 3.20. The molecule has 1 unspecified atom stereocenters. The predicted octanol–water partition coefficient (Wildman–Crippen LogP) is -0.0108. The van der Waals surface area contributed by atoms with E-state index in [2.05, 4.69) is 0 Å². The van der Waals surface area contributed by atoms with E-state index in [1.165, 1.54) is 0 Å².